The summed E-state index contributed by atoms with van der Waals surface area (Å²) >= 11 is 7.73. The van der Waals surface area contributed by atoms with Gasteiger partial charge in [0.1, 0.15) is 11.6 Å². The average molecular weight is 460 g/mol. The Morgan fingerprint density at radius 3 is 2.94 bits per heavy atom. The van der Waals surface area contributed by atoms with Crippen LogP contribution in [0.25, 0.3) is 0 Å². The number of phenolic OH excluding ortho intramolecular Hbond substituents is 1. The summed E-state index contributed by atoms with van der Waals surface area (Å²) in [5.74, 6) is 1.85. The number of ether oxygens (including phenoxy) is 1. The second-order valence-electron chi connectivity index (χ2n) is 7.70. The van der Waals surface area contributed by atoms with Crippen molar-refractivity contribution in [1.29, 1.82) is 0 Å². The minimum Gasteiger partial charge on any atom is -0.508 e. The number of phenols is 1. The lowest BCUT2D eigenvalue weighted by Crippen LogP contribution is -2.23. The second-order valence-corrected chi connectivity index (χ2v) is 9.08. The van der Waals surface area contributed by atoms with E-state index in [9.17, 15) is 5.11 Å². The van der Waals surface area contributed by atoms with Crippen molar-refractivity contribution in [3.05, 3.63) is 64.7 Å². The molecule has 9 heteroatoms. The smallest absolute Gasteiger partial charge is 0.191 e. The van der Waals surface area contributed by atoms with Crippen molar-refractivity contribution >= 4 is 23.4 Å². The molecule has 2 aromatic heterocycles. The third-order valence-electron chi connectivity index (χ3n) is 5.17. The van der Waals surface area contributed by atoms with Crippen molar-refractivity contribution < 1.29 is 9.84 Å². The summed E-state index contributed by atoms with van der Waals surface area (Å²) < 4.78 is 8.03. The van der Waals surface area contributed by atoms with Gasteiger partial charge < -0.3 is 14.4 Å². The van der Waals surface area contributed by atoms with Crippen LogP contribution in [0.15, 0.2) is 47.8 Å². The van der Waals surface area contributed by atoms with Gasteiger partial charge in [-0.15, -0.1) is 10.2 Å². The van der Waals surface area contributed by atoms with Gasteiger partial charge in [-0.3, -0.25) is 9.88 Å². The van der Waals surface area contributed by atoms with Crippen molar-refractivity contribution in [1.82, 2.24) is 24.6 Å². The van der Waals surface area contributed by atoms with E-state index in [4.69, 9.17) is 16.3 Å². The molecule has 3 heterocycles. The average Bonchev–Trinajstić information content (AvgIpc) is 3.41. The number of hydrogen-bond acceptors (Lipinski definition) is 7. The Morgan fingerprint density at radius 2 is 2.16 bits per heavy atom. The summed E-state index contributed by atoms with van der Waals surface area (Å²) in [6.45, 7) is 2.70. The van der Waals surface area contributed by atoms with E-state index >= 15 is 0 Å². The molecular weight excluding hydrogens is 434 g/mol. The Morgan fingerprint density at radius 1 is 1.26 bits per heavy atom. The van der Waals surface area contributed by atoms with Gasteiger partial charge in [-0.25, -0.2) is 0 Å². The minimum atomic E-state index is 0.186. The minimum absolute atomic E-state index is 0.186. The van der Waals surface area contributed by atoms with Crippen LogP contribution in [-0.4, -0.2) is 49.5 Å². The van der Waals surface area contributed by atoms with Gasteiger partial charge in [0, 0.05) is 35.7 Å². The molecule has 7 nitrogen and oxygen atoms in total. The van der Waals surface area contributed by atoms with Crippen LogP contribution in [-0.2, 0) is 30.1 Å². The molecule has 4 rings (SSSR count). The highest BCUT2D eigenvalue weighted by Gasteiger charge is 2.22. The molecule has 1 aromatic carbocycles. The van der Waals surface area contributed by atoms with E-state index in [1.165, 1.54) is 0 Å². The lowest BCUT2D eigenvalue weighted by molar-refractivity contribution is 0.0934. The molecule has 164 valence electrons. The largest absolute Gasteiger partial charge is 0.508 e. The first-order valence-electron chi connectivity index (χ1n) is 10.3. The molecule has 0 bridgehead atoms. The highest BCUT2D eigenvalue weighted by molar-refractivity contribution is 7.98. The van der Waals surface area contributed by atoms with Gasteiger partial charge in [-0.2, -0.15) is 0 Å². The lowest BCUT2D eigenvalue weighted by atomic mass is 10.2. The maximum atomic E-state index is 10.1. The molecule has 0 radical (unpaired) electrons. The molecule has 1 aliphatic heterocycles. The van der Waals surface area contributed by atoms with Crippen molar-refractivity contribution in [3.8, 4) is 5.75 Å². The zero-order chi connectivity index (χ0) is 21.6. The van der Waals surface area contributed by atoms with Crippen LogP contribution >= 0.6 is 23.4 Å². The van der Waals surface area contributed by atoms with E-state index in [1.54, 1.807) is 36.2 Å². The lowest BCUT2D eigenvalue weighted by Gasteiger charge is -2.19. The summed E-state index contributed by atoms with van der Waals surface area (Å²) in [5.41, 5.74) is 1.79. The van der Waals surface area contributed by atoms with Gasteiger partial charge in [0.2, 0.25) is 0 Å². The van der Waals surface area contributed by atoms with Crippen molar-refractivity contribution in [2.75, 3.05) is 13.7 Å². The number of aromatic nitrogens is 4. The van der Waals surface area contributed by atoms with E-state index < -0.39 is 0 Å². The fraction of sp³-hybridized carbons (Fsp3) is 0.409. The predicted molar refractivity (Wildman–Crippen MR) is 121 cm³/mol. The van der Waals surface area contributed by atoms with Gasteiger partial charge in [0.15, 0.2) is 5.16 Å². The fourth-order valence-electron chi connectivity index (χ4n) is 3.61. The molecule has 31 heavy (non-hydrogen) atoms. The standard InChI is InChI=1S/C22H26ClN5O2S/c1-27(12-16-11-17(23)7-8-20(16)29)14-21-25-26-22(28(21)13-19-6-4-10-30-19)31-15-18-5-2-3-9-24-18/h2-3,5,7-9,11,19,29H,4,6,10,12-15H2,1H3. The van der Waals surface area contributed by atoms with Crippen LogP contribution in [0.4, 0.5) is 0 Å². The van der Waals surface area contributed by atoms with E-state index in [2.05, 4.69) is 24.6 Å². The summed E-state index contributed by atoms with van der Waals surface area (Å²) in [6.07, 6.45) is 4.13. The highest BCUT2D eigenvalue weighted by Crippen LogP contribution is 2.26. The van der Waals surface area contributed by atoms with Gasteiger partial charge in [0.05, 0.1) is 24.9 Å². The van der Waals surface area contributed by atoms with Gasteiger partial charge in [-0.1, -0.05) is 29.4 Å². The van der Waals surface area contributed by atoms with E-state index in [0.29, 0.717) is 18.1 Å². The highest BCUT2D eigenvalue weighted by atomic mass is 35.5. The van der Waals surface area contributed by atoms with E-state index in [0.717, 1.165) is 54.0 Å². The molecule has 0 aliphatic carbocycles. The maximum absolute atomic E-state index is 10.1. The number of hydrogen-bond donors (Lipinski definition) is 1. The number of halogens is 1. The van der Waals surface area contributed by atoms with Crippen LogP contribution < -0.4 is 0 Å². The zero-order valence-electron chi connectivity index (χ0n) is 17.4. The number of thioether (sulfide) groups is 1. The quantitative estimate of drug-likeness (QED) is 0.482. The van der Waals surface area contributed by atoms with Crippen LogP contribution in [0, 0.1) is 0 Å². The molecule has 3 aromatic rings. The number of rotatable bonds is 9. The number of pyridine rings is 1. The first kappa shape index (κ1) is 22.1. The molecule has 1 aliphatic rings. The Labute approximate surface area is 191 Å². The van der Waals surface area contributed by atoms with Crippen LogP contribution in [0.1, 0.15) is 29.9 Å². The molecule has 1 saturated heterocycles. The normalized spacial score (nSPS) is 16.3. The Hall–Kier alpha value is -2.13. The summed E-state index contributed by atoms with van der Waals surface area (Å²) in [4.78, 5) is 6.49. The Balaban J connectivity index is 1.48. The SMILES string of the molecule is CN(Cc1cc(Cl)ccc1O)Cc1nnc(SCc2ccccn2)n1CC1CCCO1. The zero-order valence-corrected chi connectivity index (χ0v) is 19.0. The fourth-order valence-corrected chi connectivity index (χ4v) is 4.69. The predicted octanol–water partition coefficient (Wildman–Crippen LogP) is 4.14. The first-order valence-corrected chi connectivity index (χ1v) is 11.7. The van der Waals surface area contributed by atoms with Crippen molar-refractivity contribution in [2.24, 2.45) is 0 Å². The third-order valence-corrected chi connectivity index (χ3v) is 6.41. The van der Waals surface area contributed by atoms with Crippen LogP contribution in [0.3, 0.4) is 0 Å². The number of aromatic hydroxyl groups is 1. The van der Waals surface area contributed by atoms with E-state index in [-0.39, 0.29) is 11.9 Å². The molecular formula is C22H26ClN5O2S. The van der Waals surface area contributed by atoms with Gasteiger partial charge >= 0.3 is 0 Å². The monoisotopic (exact) mass is 459 g/mol. The summed E-state index contributed by atoms with van der Waals surface area (Å²) in [5, 5.41) is 20.5. The van der Waals surface area contributed by atoms with E-state index in [1.807, 2.05) is 25.2 Å². The number of nitrogens with zero attached hydrogens (tertiary/aromatic N) is 5. The first-order chi connectivity index (χ1) is 15.1. The molecule has 0 saturated carbocycles. The molecule has 1 unspecified atom stereocenters. The number of benzene rings is 1. The van der Waals surface area contributed by atoms with Gasteiger partial charge in [0.25, 0.3) is 0 Å². The topological polar surface area (TPSA) is 76.3 Å². The Bertz CT molecular complexity index is 995. The Kier molecular flexibility index (Phi) is 7.45. The second kappa shape index (κ2) is 10.5. The molecule has 0 spiro atoms. The van der Waals surface area contributed by atoms with Crippen LogP contribution in [0.2, 0.25) is 5.02 Å². The molecule has 1 atom stereocenters. The molecule has 0 amide bonds. The van der Waals surface area contributed by atoms with Crippen molar-refractivity contribution in [3.63, 3.8) is 0 Å². The third kappa shape index (κ3) is 5.98. The van der Waals surface area contributed by atoms with Gasteiger partial charge in [-0.05, 0) is 50.2 Å². The summed E-state index contributed by atoms with van der Waals surface area (Å²) in [6, 6.07) is 11.0. The molecule has 1 N–H and O–H groups in total. The van der Waals surface area contributed by atoms with Crippen molar-refractivity contribution in [2.45, 2.75) is 49.5 Å². The maximum Gasteiger partial charge on any atom is 0.191 e. The molecule has 1 fully saturated rings. The summed E-state index contributed by atoms with van der Waals surface area (Å²) in [7, 11) is 1.99. The van der Waals surface area contributed by atoms with Crippen LogP contribution in [0.5, 0.6) is 5.75 Å².